The fourth-order valence-electron chi connectivity index (χ4n) is 1.60. The molecule has 0 unspecified atom stereocenters. The van der Waals surface area contributed by atoms with Crippen molar-refractivity contribution in [1.29, 1.82) is 0 Å². The summed E-state index contributed by atoms with van der Waals surface area (Å²) in [5, 5.41) is 11.1. The van der Waals surface area contributed by atoms with Crippen LogP contribution in [-0.4, -0.2) is 20.5 Å². The van der Waals surface area contributed by atoms with Gasteiger partial charge in [0.1, 0.15) is 11.5 Å². The minimum atomic E-state index is -0.697. The zero-order valence-electron chi connectivity index (χ0n) is 11.4. The Morgan fingerprint density at radius 3 is 2.60 bits per heavy atom. The van der Waals surface area contributed by atoms with Crippen molar-refractivity contribution < 1.29 is 8.78 Å². The highest BCUT2D eigenvalue weighted by atomic mass is 79.9. The molecule has 1 heterocycles. The van der Waals surface area contributed by atoms with Gasteiger partial charge in [-0.25, -0.2) is 13.5 Å². The largest absolute Gasteiger partial charge is 0.306 e. The first-order chi connectivity index (χ1) is 9.26. The number of aromatic nitrogens is 3. The first-order valence-corrected chi connectivity index (χ1v) is 6.87. The van der Waals surface area contributed by atoms with E-state index < -0.39 is 11.6 Å². The molecule has 1 aromatic carbocycles. The van der Waals surface area contributed by atoms with Crippen molar-refractivity contribution in [3.05, 3.63) is 40.1 Å². The van der Waals surface area contributed by atoms with Gasteiger partial charge < -0.3 is 5.32 Å². The summed E-state index contributed by atoms with van der Waals surface area (Å²) >= 11 is 3.13. The monoisotopic (exact) mass is 344 g/mol. The van der Waals surface area contributed by atoms with Gasteiger partial charge in [-0.15, -0.1) is 5.10 Å². The van der Waals surface area contributed by atoms with Gasteiger partial charge in [0, 0.05) is 22.6 Å². The molecule has 0 fully saturated rings. The molecule has 0 aliphatic carbocycles. The minimum Gasteiger partial charge on any atom is -0.306 e. The molecule has 1 aromatic heterocycles. The Bertz CT molecular complexity index is 596. The fourth-order valence-corrected chi connectivity index (χ4v) is 2.19. The third kappa shape index (κ3) is 3.61. The van der Waals surface area contributed by atoms with E-state index >= 15 is 0 Å². The predicted octanol–water partition coefficient (Wildman–Crippen LogP) is 3.20. The summed E-state index contributed by atoms with van der Waals surface area (Å²) in [7, 11) is 0. The molecule has 0 aliphatic rings. The average molecular weight is 345 g/mol. The molecule has 0 amide bonds. The summed E-state index contributed by atoms with van der Waals surface area (Å²) in [4.78, 5) is 0. The maximum Gasteiger partial charge on any atom is 0.152 e. The number of nitrogens with zero attached hydrogens (tertiary/aromatic N) is 3. The van der Waals surface area contributed by atoms with Crippen LogP contribution in [-0.2, 0) is 6.54 Å². The van der Waals surface area contributed by atoms with Crippen molar-refractivity contribution in [1.82, 2.24) is 20.3 Å². The molecule has 0 spiro atoms. The Balaban J connectivity index is 2.25. The van der Waals surface area contributed by atoms with E-state index in [1.165, 1.54) is 10.7 Å². The van der Waals surface area contributed by atoms with Gasteiger partial charge in [0.2, 0.25) is 0 Å². The van der Waals surface area contributed by atoms with Crippen LogP contribution < -0.4 is 5.32 Å². The smallest absolute Gasteiger partial charge is 0.152 e. The van der Waals surface area contributed by atoms with E-state index in [0.29, 0.717) is 12.2 Å². The van der Waals surface area contributed by atoms with E-state index in [-0.39, 0.29) is 15.7 Å². The van der Waals surface area contributed by atoms with E-state index in [9.17, 15) is 8.78 Å². The van der Waals surface area contributed by atoms with Gasteiger partial charge >= 0.3 is 0 Å². The lowest BCUT2D eigenvalue weighted by Crippen LogP contribution is -2.35. The van der Waals surface area contributed by atoms with Crippen LogP contribution in [0, 0.1) is 11.6 Å². The Hall–Kier alpha value is -1.34. The standard InChI is InChI=1S/C13H15BrF2N4/c1-13(2,3)17-6-9-7-20(19-18-9)12-10(14)4-8(15)5-11(12)16/h4-5,7,17H,6H2,1-3H3. The second-order valence-electron chi connectivity index (χ2n) is 5.48. The second-order valence-corrected chi connectivity index (χ2v) is 6.33. The van der Waals surface area contributed by atoms with E-state index in [1.54, 1.807) is 6.20 Å². The molecule has 108 valence electrons. The highest BCUT2D eigenvalue weighted by Crippen LogP contribution is 2.24. The third-order valence-electron chi connectivity index (χ3n) is 2.55. The highest BCUT2D eigenvalue weighted by molar-refractivity contribution is 9.10. The Morgan fingerprint density at radius 2 is 2.00 bits per heavy atom. The SMILES string of the molecule is CC(C)(C)NCc1cn(-c2c(F)cc(F)cc2Br)nn1. The fraction of sp³-hybridized carbons (Fsp3) is 0.385. The van der Waals surface area contributed by atoms with Crippen LogP contribution in [0.15, 0.2) is 22.8 Å². The van der Waals surface area contributed by atoms with Crippen molar-refractivity contribution in [3.8, 4) is 5.69 Å². The number of hydrogen-bond donors (Lipinski definition) is 1. The molecule has 0 aliphatic heterocycles. The zero-order chi connectivity index (χ0) is 14.9. The molecule has 2 rings (SSSR count). The first kappa shape index (κ1) is 15.1. The number of nitrogens with one attached hydrogen (secondary N) is 1. The molecule has 0 bridgehead atoms. The number of hydrogen-bond acceptors (Lipinski definition) is 3. The van der Waals surface area contributed by atoms with Crippen molar-refractivity contribution >= 4 is 15.9 Å². The van der Waals surface area contributed by atoms with Crippen LogP contribution >= 0.6 is 15.9 Å². The van der Waals surface area contributed by atoms with E-state index in [2.05, 4.69) is 31.6 Å². The molecule has 20 heavy (non-hydrogen) atoms. The van der Waals surface area contributed by atoms with Crippen LogP contribution in [0.25, 0.3) is 5.69 Å². The van der Waals surface area contributed by atoms with Gasteiger partial charge in [-0.2, -0.15) is 0 Å². The van der Waals surface area contributed by atoms with Crippen LogP contribution in [0.5, 0.6) is 0 Å². The van der Waals surface area contributed by atoms with Gasteiger partial charge in [-0.1, -0.05) is 5.21 Å². The number of benzene rings is 1. The predicted molar refractivity (Wildman–Crippen MR) is 75.6 cm³/mol. The molecule has 0 radical (unpaired) electrons. The van der Waals surface area contributed by atoms with E-state index in [4.69, 9.17) is 0 Å². The van der Waals surface area contributed by atoms with Crippen LogP contribution in [0.2, 0.25) is 0 Å². The summed E-state index contributed by atoms with van der Waals surface area (Å²) in [5.41, 5.74) is 0.766. The molecular weight excluding hydrogens is 330 g/mol. The van der Waals surface area contributed by atoms with E-state index in [1.807, 2.05) is 20.8 Å². The van der Waals surface area contributed by atoms with Crippen LogP contribution in [0.3, 0.4) is 0 Å². The molecule has 0 saturated heterocycles. The molecule has 4 nitrogen and oxygen atoms in total. The van der Waals surface area contributed by atoms with Crippen LogP contribution in [0.1, 0.15) is 26.5 Å². The summed E-state index contributed by atoms with van der Waals surface area (Å²) < 4.78 is 28.4. The van der Waals surface area contributed by atoms with Gasteiger partial charge in [-0.3, -0.25) is 0 Å². The maximum absolute atomic E-state index is 13.8. The normalized spacial score (nSPS) is 11.9. The Morgan fingerprint density at radius 1 is 1.30 bits per heavy atom. The molecule has 7 heteroatoms. The highest BCUT2D eigenvalue weighted by Gasteiger charge is 2.15. The van der Waals surface area contributed by atoms with Crippen molar-refractivity contribution in [2.45, 2.75) is 32.9 Å². The van der Waals surface area contributed by atoms with Gasteiger partial charge in [0.25, 0.3) is 0 Å². The van der Waals surface area contributed by atoms with Crippen molar-refractivity contribution in [2.75, 3.05) is 0 Å². The van der Waals surface area contributed by atoms with Crippen LogP contribution in [0.4, 0.5) is 8.78 Å². The summed E-state index contributed by atoms with van der Waals surface area (Å²) in [5.74, 6) is -1.34. The van der Waals surface area contributed by atoms with Crippen molar-refractivity contribution in [3.63, 3.8) is 0 Å². The molecule has 0 saturated carbocycles. The summed E-state index contributed by atoms with van der Waals surface area (Å²) in [6.07, 6.45) is 1.61. The van der Waals surface area contributed by atoms with Gasteiger partial charge in [0.15, 0.2) is 5.82 Å². The van der Waals surface area contributed by atoms with Gasteiger partial charge in [-0.05, 0) is 42.8 Å². The summed E-state index contributed by atoms with van der Waals surface area (Å²) in [6, 6.07) is 2.00. The molecule has 2 aromatic rings. The average Bonchev–Trinajstić information content (AvgIpc) is 2.72. The van der Waals surface area contributed by atoms with Gasteiger partial charge in [0.05, 0.1) is 11.9 Å². The lowest BCUT2D eigenvalue weighted by atomic mass is 10.1. The Labute approximate surface area is 124 Å². The quantitative estimate of drug-likeness (QED) is 0.929. The first-order valence-electron chi connectivity index (χ1n) is 6.07. The lowest BCUT2D eigenvalue weighted by molar-refractivity contribution is 0.421. The number of halogens is 3. The maximum atomic E-state index is 13.8. The van der Waals surface area contributed by atoms with Crippen molar-refractivity contribution in [2.24, 2.45) is 0 Å². The Kier molecular flexibility index (Phi) is 4.19. The topological polar surface area (TPSA) is 42.7 Å². The minimum absolute atomic E-state index is 0.0501. The molecular formula is C13H15BrF2N4. The third-order valence-corrected chi connectivity index (χ3v) is 3.16. The second kappa shape index (κ2) is 5.57. The lowest BCUT2D eigenvalue weighted by Gasteiger charge is -2.19. The van der Waals surface area contributed by atoms with E-state index in [0.717, 1.165) is 6.07 Å². The summed E-state index contributed by atoms with van der Waals surface area (Å²) in [6.45, 7) is 6.62. The number of rotatable bonds is 3. The molecule has 0 atom stereocenters. The zero-order valence-corrected chi connectivity index (χ0v) is 13.0. The molecule has 1 N–H and O–H groups in total.